The molecule has 0 saturated carbocycles. The van der Waals surface area contributed by atoms with Gasteiger partial charge in [-0.1, -0.05) is 6.92 Å². The number of hydrogen-bond donors (Lipinski definition) is 1. The van der Waals surface area contributed by atoms with Crippen molar-refractivity contribution in [1.82, 2.24) is 9.80 Å². The van der Waals surface area contributed by atoms with Gasteiger partial charge in [0.1, 0.15) is 11.6 Å². The molecule has 1 aromatic carbocycles. The molecule has 1 fully saturated rings. The lowest BCUT2D eigenvalue weighted by molar-refractivity contribution is -0.211. The Balaban J connectivity index is 2.07. The molecular weight excluding hydrogens is 375 g/mol. The Kier molecular flexibility index (Phi) is 6.08. The minimum Gasteiger partial charge on any atom is -0.376 e. The summed E-state index contributed by atoms with van der Waals surface area (Å²) in [6, 6.07) is 2.10. The average molecular weight is 394 g/mol. The van der Waals surface area contributed by atoms with E-state index in [4.69, 9.17) is 5.11 Å². The summed E-state index contributed by atoms with van der Waals surface area (Å²) in [4.78, 5) is 26.4. The first-order valence-corrected chi connectivity index (χ1v) is 8.19. The van der Waals surface area contributed by atoms with Crippen LogP contribution >= 0.6 is 0 Å². The maximum Gasteiger partial charge on any atom is 0.423 e. The molecule has 1 aliphatic rings. The van der Waals surface area contributed by atoms with E-state index in [1.165, 1.54) is 11.9 Å². The zero-order valence-corrected chi connectivity index (χ0v) is 14.6. The highest BCUT2D eigenvalue weighted by Crippen LogP contribution is 2.27. The number of aliphatic hydroxyl groups is 1. The van der Waals surface area contributed by atoms with Crippen molar-refractivity contribution in [2.75, 3.05) is 20.1 Å². The number of halogens is 5. The van der Waals surface area contributed by atoms with Gasteiger partial charge in [-0.15, -0.1) is 0 Å². The molecular formula is C17H19F5N2O3. The first kappa shape index (κ1) is 21.1. The van der Waals surface area contributed by atoms with Gasteiger partial charge in [0.15, 0.2) is 0 Å². The van der Waals surface area contributed by atoms with E-state index in [9.17, 15) is 31.5 Å². The van der Waals surface area contributed by atoms with Gasteiger partial charge in [-0.25, -0.2) is 8.78 Å². The van der Waals surface area contributed by atoms with Crippen LogP contribution in [-0.4, -0.2) is 65.2 Å². The van der Waals surface area contributed by atoms with Crippen LogP contribution in [0.5, 0.6) is 0 Å². The molecule has 2 rings (SSSR count). The lowest BCUT2D eigenvalue weighted by atomic mass is 9.91. The molecule has 2 amide bonds. The summed E-state index contributed by atoms with van der Waals surface area (Å²) in [5.41, 5.74) is -0.322. The maximum atomic E-state index is 13.8. The quantitative estimate of drug-likeness (QED) is 0.800. The standard InChI is InChI=1S/C17H19F5N2O3/c1-9-8-24(16(27)14(25)17(20,21)22)6-5-13(9)23(2)15(26)11-4-3-10(18)7-12(11)19/h3-4,7,9,13-14,25H,5-6,8H2,1-2H3/t9?,13?,14-/m1/s1. The predicted octanol–water partition coefficient (Wildman–Crippen LogP) is 2.20. The van der Waals surface area contributed by atoms with Crippen LogP contribution in [0.4, 0.5) is 22.0 Å². The van der Waals surface area contributed by atoms with Gasteiger partial charge in [0.25, 0.3) is 11.8 Å². The first-order chi connectivity index (χ1) is 12.4. The molecule has 1 aliphatic heterocycles. The number of alkyl halides is 3. The van der Waals surface area contributed by atoms with E-state index in [1.807, 2.05) is 0 Å². The highest BCUT2D eigenvalue weighted by molar-refractivity contribution is 5.94. The van der Waals surface area contributed by atoms with Crippen molar-refractivity contribution < 1.29 is 36.6 Å². The summed E-state index contributed by atoms with van der Waals surface area (Å²) in [5, 5.41) is 9.10. The molecule has 1 saturated heterocycles. The third-order valence-corrected chi connectivity index (χ3v) is 4.69. The van der Waals surface area contributed by atoms with E-state index in [2.05, 4.69) is 0 Å². The summed E-state index contributed by atoms with van der Waals surface area (Å²) in [6.07, 6.45) is -7.99. The first-order valence-electron chi connectivity index (χ1n) is 8.19. The SMILES string of the molecule is CC1CN(C(=O)[C@@H](O)C(F)(F)F)CCC1N(C)C(=O)c1ccc(F)cc1F. The molecule has 10 heteroatoms. The summed E-state index contributed by atoms with van der Waals surface area (Å²) in [7, 11) is 1.41. The third-order valence-electron chi connectivity index (χ3n) is 4.69. The van der Waals surface area contributed by atoms with E-state index in [-0.39, 0.29) is 25.1 Å². The third kappa shape index (κ3) is 4.55. The summed E-state index contributed by atoms with van der Waals surface area (Å²) in [6.45, 7) is 1.44. The number of carbonyl (C=O) groups is 2. The molecule has 1 aromatic rings. The second kappa shape index (κ2) is 7.79. The van der Waals surface area contributed by atoms with Crippen LogP contribution in [-0.2, 0) is 4.79 Å². The van der Waals surface area contributed by atoms with E-state index in [1.54, 1.807) is 6.92 Å². The highest BCUT2D eigenvalue weighted by atomic mass is 19.4. The van der Waals surface area contributed by atoms with Crippen molar-refractivity contribution >= 4 is 11.8 Å². The molecule has 0 aromatic heterocycles. The molecule has 3 atom stereocenters. The van der Waals surface area contributed by atoms with Crippen molar-refractivity contribution in [3.8, 4) is 0 Å². The van der Waals surface area contributed by atoms with Crippen molar-refractivity contribution in [3.05, 3.63) is 35.4 Å². The Labute approximate surface area is 152 Å². The number of nitrogens with zero attached hydrogens (tertiary/aromatic N) is 2. The van der Waals surface area contributed by atoms with Gasteiger partial charge in [0.2, 0.25) is 6.10 Å². The highest BCUT2D eigenvalue weighted by Gasteiger charge is 2.46. The zero-order valence-electron chi connectivity index (χ0n) is 14.6. The van der Waals surface area contributed by atoms with Crippen molar-refractivity contribution in [2.45, 2.75) is 31.7 Å². The molecule has 0 spiro atoms. The van der Waals surface area contributed by atoms with E-state index >= 15 is 0 Å². The number of hydrogen-bond acceptors (Lipinski definition) is 3. The number of rotatable bonds is 3. The Bertz CT molecular complexity index is 725. The largest absolute Gasteiger partial charge is 0.423 e. The molecule has 0 aliphatic carbocycles. The molecule has 150 valence electrons. The molecule has 5 nitrogen and oxygen atoms in total. The van der Waals surface area contributed by atoms with Crippen molar-refractivity contribution in [1.29, 1.82) is 0 Å². The van der Waals surface area contributed by atoms with E-state index < -0.39 is 47.7 Å². The molecule has 27 heavy (non-hydrogen) atoms. The van der Waals surface area contributed by atoms with Crippen molar-refractivity contribution in [2.24, 2.45) is 5.92 Å². The van der Waals surface area contributed by atoms with Gasteiger partial charge >= 0.3 is 6.18 Å². The number of benzene rings is 1. The topological polar surface area (TPSA) is 60.9 Å². The van der Waals surface area contributed by atoms with Crippen LogP contribution in [0.25, 0.3) is 0 Å². The normalized spacial score (nSPS) is 21.7. The minimum absolute atomic E-state index is 0.0928. The van der Waals surface area contributed by atoms with Gasteiger partial charge in [-0.05, 0) is 24.5 Å². The monoisotopic (exact) mass is 394 g/mol. The number of amides is 2. The second-order valence-corrected chi connectivity index (χ2v) is 6.60. The lowest BCUT2D eigenvalue weighted by Crippen LogP contribution is -2.55. The van der Waals surface area contributed by atoms with Crippen molar-refractivity contribution in [3.63, 3.8) is 0 Å². The van der Waals surface area contributed by atoms with Crippen LogP contribution in [0.1, 0.15) is 23.7 Å². The van der Waals surface area contributed by atoms with E-state index in [0.29, 0.717) is 6.07 Å². The summed E-state index contributed by atoms with van der Waals surface area (Å²) in [5.74, 6) is -4.39. The Hall–Kier alpha value is -2.23. The van der Waals surface area contributed by atoms with Gasteiger partial charge in [-0.2, -0.15) is 13.2 Å². The van der Waals surface area contributed by atoms with Crippen LogP contribution in [0.3, 0.4) is 0 Å². The summed E-state index contributed by atoms with van der Waals surface area (Å²) < 4.78 is 64.3. The van der Waals surface area contributed by atoms with Crippen LogP contribution in [0.15, 0.2) is 18.2 Å². The predicted molar refractivity (Wildman–Crippen MR) is 84.7 cm³/mol. The second-order valence-electron chi connectivity index (χ2n) is 6.60. The molecule has 0 radical (unpaired) electrons. The van der Waals surface area contributed by atoms with Gasteiger partial charge in [-0.3, -0.25) is 9.59 Å². The number of carbonyl (C=O) groups excluding carboxylic acids is 2. The maximum absolute atomic E-state index is 13.8. The van der Waals surface area contributed by atoms with Gasteiger partial charge in [0, 0.05) is 32.2 Å². The fraction of sp³-hybridized carbons (Fsp3) is 0.529. The zero-order chi connectivity index (χ0) is 20.5. The number of likely N-dealkylation sites (tertiary alicyclic amines) is 1. The van der Waals surface area contributed by atoms with Crippen LogP contribution in [0, 0.1) is 17.6 Å². The fourth-order valence-corrected chi connectivity index (χ4v) is 3.23. The molecule has 1 N–H and O–H groups in total. The number of aliphatic hydroxyl groups excluding tert-OH is 1. The van der Waals surface area contributed by atoms with Gasteiger partial charge < -0.3 is 14.9 Å². The van der Waals surface area contributed by atoms with Crippen LogP contribution in [0.2, 0.25) is 0 Å². The smallest absolute Gasteiger partial charge is 0.376 e. The van der Waals surface area contributed by atoms with Crippen LogP contribution < -0.4 is 0 Å². The lowest BCUT2D eigenvalue weighted by Gasteiger charge is -2.41. The summed E-state index contributed by atoms with van der Waals surface area (Å²) >= 11 is 0. The Morgan fingerprint density at radius 2 is 1.93 bits per heavy atom. The number of piperidine rings is 1. The molecule has 1 heterocycles. The molecule has 2 unspecified atom stereocenters. The minimum atomic E-state index is -5.05. The fourth-order valence-electron chi connectivity index (χ4n) is 3.23. The Morgan fingerprint density at radius 3 is 2.44 bits per heavy atom. The molecule has 0 bridgehead atoms. The van der Waals surface area contributed by atoms with E-state index in [0.717, 1.165) is 17.0 Å². The van der Waals surface area contributed by atoms with Gasteiger partial charge in [0.05, 0.1) is 5.56 Å². The Morgan fingerprint density at radius 1 is 1.30 bits per heavy atom. The average Bonchev–Trinajstić information content (AvgIpc) is 2.58.